The van der Waals surface area contributed by atoms with E-state index in [9.17, 15) is 0 Å². The van der Waals surface area contributed by atoms with Gasteiger partial charge in [-0.15, -0.1) is 6.42 Å². The molecule has 0 radical (unpaired) electrons. The predicted molar refractivity (Wildman–Crippen MR) is 21.6 cm³/mol. The largest absolute Gasteiger partial charge is 3.00 e. The molecule has 8 heavy (non-hydrogen) atoms. The van der Waals surface area contributed by atoms with Crippen LogP contribution in [0.5, 0.6) is 0 Å². The second-order valence-electron chi connectivity index (χ2n) is 1.00. The van der Waals surface area contributed by atoms with Gasteiger partial charge in [0.1, 0.15) is 0 Å². The molecule has 0 saturated carbocycles. The quantitative estimate of drug-likeness (QED) is 0.312. The molecule has 0 aromatic heterocycles. The van der Waals surface area contributed by atoms with Crippen molar-refractivity contribution in [2.75, 3.05) is 0 Å². The fourth-order valence-electron chi connectivity index (χ4n) is 0.340. The van der Waals surface area contributed by atoms with Crippen LogP contribution >= 0.6 is 0 Å². The summed E-state index contributed by atoms with van der Waals surface area (Å²) in [4.78, 5) is 0. The van der Waals surface area contributed by atoms with Crippen LogP contribution < -0.4 is 24.8 Å². The summed E-state index contributed by atoms with van der Waals surface area (Å²) in [6, 6.07) is 0. The summed E-state index contributed by atoms with van der Waals surface area (Å²) in [5, 5.41) is 0. The predicted octanol–water partition coefficient (Wildman–Crippen LogP) is -4.69. The molecule has 0 spiro atoms. The van der Waals surface area contributed by atoms with Crippen molar-refractivity contribution in [3.05, 3.63) is 24.3 Å². The summed E-state index contributed by atoms with van der Waals surface area (Å²) in [6.45, 7) is 0. The van der Waals surface area contributed by atoms with E-state index in [0.29, 0.717) is 0 Å². The van der Waals surface area contributed by atoms with E-state index in [4.69, 9.17) is 0 Å². The maximum Gasteiger partial charge on any atom is 3.00 e. The Labute approximate surface area is 92.2 Å². The summed E-state index contributed by atoms with van der Waals surface area (Å²) in [7, 11) is 0. The number of allylic oxidation sites excluding steroid dienone is 4. The molecule has 0 bridgehead atoms. The minimum absolute atomic E-state index is 0. The maximum atomic E-state index is 2.99. The average Bonchev–Trinajstić information content (AvgIpc) is 1.76. The van der Waals surface area contributed by atoms with E-state index in [1.165, 1.54) is 0 Å². The van der Waals surface area contributed by atoms with Crippen molar-refractivity contribution >= 4 is 0 Å². The molecule has 3 heteroatoms. The Morgan fingerprint density at radius 1 is 1.25 bits per heavy atom. The van der Waals surface area contributed by atoms with Crippen LogP contribution in [0.1, 0.15) is 6.42 Å². The van der Waals surface area contributed by atoms with E-state index in [1.807, 2.05) is 12.2 Å². The van der Waals surface area contributed by atoms with Crippen LogP contribution in [0.2, 0.25) is 0 Å². The number of rotatable bonds is 0. The summed E-state index contributed by atoms with van der Waals surface area (Å²) in [6.07, 6.45) is 10.0. The Morgan fingerprint density at radius 3 is 2.00 bits per heavy atom. The van der Waals surface area contributed by atoms with Gasteiger partial charge in [0, 0.05) is 0 Å². The monoisotopic (exact) mass is 300 g/mol. The second-order valence-corrected chi connectivity index (χ2v) is 1.00. The van der Waals surface area contributed by atoms with Crippen LogP contribution in [0.25, 0.3) is 0 Å². The van der Waals surface area contributed by atoms with Crippen LogP contribution in [0.3, 0.4) is 0 Å². The van der Waals surface area contributed by atoms with Gasteiger partial charge in [-0.1, -0.05) is 0 Å². The van der Waals surface area contributed by atoms with Gasteiger partial charge in [0.15, 0.2) is 0 Å². The number of hydrogen-bond acceptors (Lipinski definition) is 0. The van der Waals surface area contributed by atoms with Gasteiger partial charge in [0.2, 0.25) is 0 Å². The molecule has 1 aliphatic carbocycles. The summed E-state index contributed by atoms with van der Waals surface area (Å²) in [5.41, 5.74) is 0. The molecule has 0 aliphatic heterocycles. The molecule has 1 aliphatic rings. The summed E-state index contributed by atoms with van der Waals surface area (Å²) in [5.74, 6) is 0. The van der Waals surface area contributed by atoms with E-state index >= 15 is 0 Å². The minimum Gasteiger partial charge on any atom is -1.00 e. The summed E-state index contributed by atoms with van der Waals surface area (Å²) >= 11 is 0. The molecule has 50 valence electrons. The third-order valence-corrected chi connectivity index (χ3v) is 0.586. The Kier molecular flexibility index (Phi) is 22.5. The van der Waals surface area contributed by atoms with Crippen molar-refractivity contribution in [1.82, 2.24) is 0 Å². The van der Waals surface area contributed by atoms with Crippen LogP contribution in [0.4, 0.5) is 0 Å². The normalized spacial score (nSPS) is 11.0. The van der Waals surface area contributed by atoms with Crippen molar-refractivity contribution in [2.45, 2.75) is 6.42 Å². The first kappa shape index (κ1) is 16.2. The first-order valence-corrected chi connectivity index (χ1v) is 1.72. The molecule has 0 aromatic rings. The minimum atomic E-state index is 0. The molecule has 0 amide bonds. The smallest absolute Gasteiger partial charge is 1.00 e. The Bertz CT molecular complexity index is 68.5. The standard InChI is InChI=1S/C5H5.2ClH.Ho/c1-2-4-5-3-1;;;/h1-3H,4H2;2*1H;/q-1;;;+3/p-2. The Morgan fingerprint density at radius 2 is 1.88 bits per heavy atom. The SMILES string of the molecule is [C-]1=CC=CC1.[Cl-].[Cl-].[Ho+3]. The fourth-order valence-corrected chi connectivity index (χ4v) is 0.340. The molecule has 0 saturated heterocycles. The summed E-state index contributed by atoms with van der Waals surface area (Å²) < 4.78 is 0. The molecule has 0 fully saturated rings. The van der Waals surface area contributed by atoms with Gasteiger partial charge in [-0.05, 0) is 0 Å². The van der Waals surface area contributed by atoms with Crippen LogP contribution in [-0.4, -0.2) is 0 Å². The van der Waals surface area contributed by atoms with E-state index < -0.39 is 0 Å². The van der Waals surface area contributed by atoms with Gasteiger partial charge in [-0.2, -0.15) is 6.08 Å². The van der Waals surface area contributed by atoms with Crippen molar-refractivity contribution in [3.8, 4) is 0 Å². The molecule has 0 N–H and O–H groups in total. The second kappa shape index (κ2) is 11.2. The van der Waals surface area contributed by atoms with Crippen molar-refractivity contribution in [1.29, 1.82) is 0 Å². The van der Waals surface area contributed by atoms with Gasteiger partial charge < -0.3 is 24.8 Å². The first-order valence-electron chi connectivity index (χ1n) is 1.72. The van der Waals surface area contributed by atoms with E-state index in [1.54, 1.807) is 0 Å². The van der Waals surface area contributed by atoms with Crippen molar-refractivity contribution < 1.29 is 62.6 Å². The number of halogens is 2. The zero-order valence-corrected chi connectivity index (χ0v) is 7.44. The van der Waals surface area contributed by atoms with Crippen LogP contribution in [0, 0.1) is 43.8 Å². The molecular weight excluding hydrogens is 296 g/mol. The van der Waals surface area contributed by atoms with Gasteiger partial charge in [-0.25, -0.2) is 12.2 Å². The zero-order chi connectivity index (χ0) is 3.54. The third-order valence-electron chi connectivity index (χ3n) is 0.586. The maximum absolute atomic E-state index is 2.99. The third kappa shape index (κ3) is 7.32. The van der Waals surface area contributed by atoms with Gasteiger partial charge in [-0.3, -0.25) is 6.08 Å². The Hall–Kier alpha value is 1.32. The van der Waals surface area contributed by atoms with Crippen LogP contribution in [-0.2, 0) is 0 Å². The van der Waals surface area contributed by atoms with Crippen molar-refractivity contribution in [2.24, 2.45) is 0 Å². The fraction of sp³-hybridized carbons (Fsp3) is 0.200. The van der Waals surface area contributed by atoms with Crippen LogP contribution in [0.15, 0.2) is 18.2 Å². The molecule has 0 unspecified atom stereocenters. The molecule has 1 rings (SSSR count). The van der Waals surface area contributed by atoms with E-state index in [0.717, 1.165) is 6.42 Å². The first-order chi connectivity index (χ1) is 2.50. The topological polar surface area (TPSA) is 0 Å². The molecule has 0 aromatic carbocycles. The molecule has 0 nitrogen and oxygen atoms in total. The molecular formula is C5H5Cl2Ho. The van der Waals surface area contributed by atoms with Gasteiger partial charge in [0.05, 0.1) is 0 Å². The zero-order valence-electron chi connectivity index (χ0n) is 4.00. The Balaban J connectivity index is -0.0000000833. The number of hydrogen-bond donors (Lipinski definition) is 0. The molecule has 0 atom stereocenters. The molecule has 0 heterocycles. The average molecular weight is 301 g/mol. The van der Waals surface area contributed by atoms with Gasteiger partial charge >= 0.3 is 37.7 Å². The van der Waals surface area contributed by atoms with Gasteiger partial charge in [0.25, 0.3) is 0 Å². The van der Waals surface area contributed by atoms with Crippen molar-refractivity contribution in [3.63, 3.8) is 0 Å². The van der Waals surface area contributed by atoms with E-state index in [2.05, 4.69) is 12.2 Å². The van der Waals surface area contributed by atoms with E-state index in [-0.39, 0.29) is 62.6 Å².